The Morgan fingerprint density at radius 2 is 1.92 bits per heavy atom. The monoisotopic (exact) mass is 366 g/mol. The zero-order chi connectivity index (χ0) is 19.4. The van der Waals surface area contributed by atoms with E-state index in [9.17, 15) is 14.7 Å². The van der Waals surface area contributed by atoms with Crippen LogP contribution in [0.1, 0.15) is 25.8 Å². The molecule has 0 aliphatic heterocycles. The predicted molar refractivity (Wildman–Crippen MR) is 99.0 cm³/mol. The van der Waals surface area contributed by atoms with E-state index < -0.39 is 6.10 Å². The van der Waals surface area contributed by atoms with E-state index in [1.54, 1.807) is 0 Å². The number of ether oxygens (including phenoxy) is 2. The number of esters is 1. The molecule has 0 saturated carbocycles. The maximum Gasteiger partial charge on any atom is 0.305 e. The Morgan fingerprint density at radius 3 is 2.62 bits per heavy atom. The number of rotatable bonds is 12. The lowest BCUT2D eigenvalue weighted by Crippen LogP contribution is -2.38. The molecule has 1 atom stereocenters. The largest absolute Gasteiger partial charge is 0.491 e. The first-order chi connectivity index (χ1) is 12.4. The summed E-state index contributed by atoms with van der Waals surface area (Å²) in [6.07, 6.45) is 0.125. The van der Waals surface area contributed by atoms with E-state index in [4.69, 9.17) is 4.74 Å². The molecular formula is C19H30N2O5. The Kier molecular flexibility index (Phi) is 10.3. The highest BCUT2D eigenvalue weighted by atomic mass is 16.5. The third-order valence-corrected chi connectivity index (χ3v) is 3.74. The molecule has 3 N–H and O–H groups in total. The first-order valence-electron chi connectivity index (χ1n) is 8.88. The molecule has 0 aliphatic rings. The minimum Gasteiger partial charge on any atom is -0.491 e. The molecule has 1 aromatic rings. The number of aliphatic hydroxyl groups is 1. The highest BCUT2D eigenvalue weighted by Crippen LogP contribution is 2.19. The van der Waals surface area contributed by atoms with E-state index in [1.165, 1.54) is 7.11 Å². The van der Waals surface area contributed by atoms with Gasteiger partial charge in [-0.3, -0.25) is 9.59 Å². The van der Waals surface area contributed by atoms with Gasteiger partial charge in [-0.2, -0.15) is 0 Å². The number of aryl methyl sites for hydroxylation is 1. The third kappa shape index (κ3) is 8.82. The molecule has 7 heteroatoms. The quantitative estimate of drug-likeness (QED) is 0.376. The summed E-state index contributed by atoms with van der Waals surface area (Å²) in [7, 11) is 1.36. The molecule has 1 unspecified atom stereocenters. The molecule has 0 aliphatic carbocycles. The van der Waals surface area contributed by atoms with Crippen molar-refractivity contribution in [2.75, 3.05) is 33.4 Å². The fraction of sp³-hybridized carbons (Fsp3) is 0.579. The summed E-state index contributed by atoms with van der Waals surface area (Å²) in [4.78, 5) is 22.7. The molecule has 146 valence electrons. The zero-order valence-corrected chi connectivity index (χ0v) is 15.8. The van der Waals surface area contributed by atoms with Crippen LogP contribution in [0.4, 0.5) is 0 Å². The number of hydrogen-bond acceptors (Lipinski definition) is 6. The van der Waals surface area contributed by atoms with Gasteiger partial charge in [0.2, 0.25) is 5.91 Å². The Hall–Kier alpha value is -2.12. The fourth-order valence-electron chi connectivity index (χ4n) is 2.18. The highest BCUT2D eigenvalue weighted by Gasteiger charge is 2.10. The topological polar surface area (TPSA) is 96.9 Å². The van der Waals surface area contributed by atoms with E-state index in [-0.39, 0.29) is 30.8 Å². The van der Waals surface area contributed by atoms with E-state index in [1.807, 2.05) is 38.1 Å². The van der Waals surface area contributed by atoms with Crippen LogP contribution >= 0.6 is 0 Å². The fourth-order valence-corrected chi connectivity index (χ4v) is 2.18. The van der Waals surface area contributed by atoms with E-state index in [2.05, 4.69) is 15.4 Å². The van der Waals surface area contributed by atoms with Gasteiger partial charge in [0.15, 0.2) is 0 Å². The van der Waals surface area contributed by atoms with Crippen LogP contribution in [0.2, 0.25) is 0 Å². The van der Waals surface area contributed by atoms with Gasteiger partial charge in [0.25, 0.3) is 0 Å². The molecule has 1 amide bonds. The number of methoxy groups -OCH3 is 1. The summed E-state index contributed by atoms with van der Waals surface area (Å²) in [6, 6.07) is 7.43. The average Bonchev–Trinajstić information content (AvgIpc) is 2.64. The van der Waals surface area contributed by atoms with Gasteiger partial charge in [0.05, 0.1) is 7.11 Å². The van der Waals surface area contributed by atoms with Gasteiger partial charge < -0.3 is 25.2 Å². The molecular weight excluding hydrogens is 336 g/mol. The number of aliphatic hydroxyl groups excluding tert-OH is 1. The van der Waals surface area contributed by atoms with Crippen LogP contribution in [0.3, 0.4) is 0 Å². The molecule has 7 nitrogen and oxygen atoms in total. The second-order valence-corrected chi connectivity index (χ2v) is 6.30. The van der Waals surface area contributed by atoms with Crippen LogP contribution < -0.4 is 15.4 Å². The Balaban J connectivity index is 2.28. The van der Waals surface area contributed by atoms with Gasteiger partial charge in [0.1, 0.15) is 18.5 Å². The second-order valence-electron chi connectivity index (χ2n) is 6.30. The van der Waals surface area contributed by atoms with Crippen molar-refractivity contribution >= 4 is 11.9 Å². The molecule has 0 fully saturated rings. The molecule has 0 bridgehead atoms. The third-order valence-electron chi connectivity index (χ3n) is 3.74. The maximum absolute atomic E-state index is 11.4. The minimum atomic E-state index is -0.676. The molecule has 26 heavy (non-hydrogen) atoms. The lowest BCUT2D eigenvalue weighted by atomic mass is 10.1. The van der Waals surface area contributed by atoms with Gasteiger partial charge in [-0.05, 0) is 18.1 Å². The standard InChI is InChI=1S/C19H30N2O5/c1-14(2)19(24)21-11-10-20-12-16(22)13-26-17-7-5-4-6-15(17)8-9-18(23)25-3/h4-7,14,16,20,22H,8-13H2,1-3H3,(H,21,24). The van der Waals surface area contributed by atoms with Crippen molar-refractivity contribution in [1.82, 2.24) is 10.6 Å². The number of carbonyl (C=O) groups excluding carboxylic acids is 2. The van der Waals surface area contributed by atoms with E-state index >= 15 is 0 Å². The Bertz CT molecular complexity index is 563. The molecule has 0 aromatic heterocycles. The average molecular weight is 366 g/mol. The van der Waals surface area contributed by atoms with Crippen molar-refractivity contribution in [3.05, 3.63) is 29.8 Å². The normalized spacial score (nSPS) is 11.9. The summed E-state index contributed by atoms with van der Waals surface area (Å²) in [5, 5.41) is 15.9. The molecule has 0 spiro atoms. The summed E-state index contributed by atoms with van der Waals surface area (Å²) < 4.78 is 10.3. The summed E-state index contributed by atoms with van der Waals surface area (Å²) in [5.74, 6) is 0.362. The number of amides is 1. The van der Waals surface area contributed by atoms with Crippen molar-refractivity contribution in [3.8, 4) is 5.75 Å². The van der Waals surface area contributed by atoms with Gasteiger partial charge in [-0.15, -0.1) is 0 Å². The smallest absolute Gasteiger partial charge is 0.305 e. The van der Waals surface area contributed by atoms with Gasteiger partial charge in [-0.25, -0.2) is 0 Å². The van der Waals surface area contributed by atoms with Crippen LogP contribution in [-0.2, 0) is 20.7 Å². The van der Waals surface area contributed by atoms with Gasteiger partial charge in [-0.1, -0.05) is 32.0 Å². The lowest BCUT2D eigenvalue weighted by Gasteiger charge is -2.16. The van der Waals surface area contributed by atoms with Gasteiger partial charge >= 0.3 is 5.97 Å². The SMILES string of the molecule is COC(=O)CCc1ccccc1OCC(O)CNCCNC(=O)C(C)C. The van der Waals surface area contributed by atoms with Crippen LogP contribution in [0.5, 0.6) is 5.75 Å². The van der Waals surface area contributed by atoms with Gasteiger partial charge in [0, 0.05) is 32.0 Å². The summed E-state index contributed by atoms with van der Waals surface area (Å²) in [6.45, 7) is 5.27. The van der Waals surface area contributed by atoms with Crippen LogP contribution in [0.15, 0.2) is 24.3 Å². The first kappa shape index (κ1) is 21.9. The number of hydrogen-bond donors (Lipinski definition) is 3. The second kappa shape index (κ2) is 12.3. The zero-order valence-electron chi connectivity index (χ0n) is 15.8. The van der Waals surface area contributed by atoms with E-state index in [0.29, 0.717) is 31.8 Å². The number of carbonyl (C=O) groups is 2. The number of nitrogens with one attached hydrogen (secondary N) is 2. The molecule has 1 rings (SSSR count). The van der Waals surface area contributed by atoms with Crippen LogP contribution in [0.25, 0.3) is 0 Å². The first-order valence-corrected chi connectivity index (χ1v) is 8.88. The summed E-state index contributed by atoms with van der Waals surface area (Å²) in [5.41, 5.74) is 0.898. The van der Waals surface area contributed by atoms with Crippen molar-refractivity contribution < 1.29 is 24.2 Å². The van der Waals surface area contributed by atoms with Crippen molar-refractivity contribution in [1.29, 1.82) is 0 Å². The molecule has 1 aromatic carbocycles. The Labute approximate surface area is 155 Å². The van der Waals surface area contributed by atoms with Crippen molar-refractivity contribution in [3.63, 3.8) is 0 Å². The molecule has 0 radical (unpaired) electrons. The predicted octanol–water partition coefficient (Wildman–Crippen LogP) is 0.894. The van der Waals surface area contributed by atoms with Crippen LogP contribution in [-0.4, -0.2) is 56.4 Å². The Morgan fingerprint density at radius 1 is 1.19 bits per heavy atom. The summed E-state index contributed by atoms with van der Waals surface area (Å²) >= 11 is 0. The molecule has 0 saturated heterocycles. The number of para-hydroxylation sites is 1. The van der Waals surface area contributed by atoms with Crippen molar-refractivity contribution in [2.24, 2.45) is 5.92 Å². The van der Waals surface area contributed by atoms with Crippen LogP contribution in [0, 0.1) is 5.92 Å². The molecule has 0 heterocycles. The highest BCUT2D eigenvalue weighted by molar-refractivity contribution is 5.77. The lowest BCUT2D eigenvalue weighted by molar-refractivity contribution is -0.140. The minimum absolute atomic E-state index is 0.0132. The van der Waals surface area contributed by atoms with Crippen molar-refractivity contribution in [2.45, 2.75) is 32.8 Å². The number of benzene rings is 1. The maximum atomic E-state index is 11.4. The van der Waals surface area contributed by atoms with E-state index in [0.717, 1.165) is 5.56 Å².